The second-order valence-corrected chi connectivity index (χ2v) is 6.05. The number of hydrogen-bond acceptors (Lipinski definition) is 1. The van der Waals surface area contributed by atoms with Crippen LogP contribution in [0, 0.1) is 11.8 Å². The Morgan fingerprint density at radius 2 is 1.56 bits per heavy atom. The number of ether oxygens (including phenoxy) is 1. The van der Waals surface area contributed by atoms with Crippen LogP contribution in [0.4, 0.5) is 0 Å². The van der Waals surface area contributed by atoms with Crippen LogP contribution in [-0.2, 0) is 4.74 Å². The van der Waals surface area contributed by atoms with Crippen molar-refractivity contribution in [2.45, 2.75) is 77.2 Å². The third-order valence-electron chi connectivity index (χ3n) is 4.57. The minimum absolute atomic E-state index is 0.635. The Balaban J connectivity index is 1.42. The maximum Gasteiger partial charge on any atom is 0.0597 e. The summed E-state index contributed by atoms with van der Waals surface area (Å²) in [4.78, 5) is 0. The van der Waals surface area contributed by atoms with Gasteiger partial charge in [-0.15, -0.1) is 0 Å². The Bertz CT molecular complexity index is 178. The first kappa shape index (κ1) is 12.4. The Labute approximate surface area is 101 Å². The molecule has 0 spiro atoms. The van der Waals surface area contributed by atoms with Crippen molar-refractivity contribution in [2.24, 2.45) is 11.8 Å². The Morgan fingerprint density at radius 3 is 2.19 bits per heavy atom. The summed E-state index contributed by atoms with van der Waals surface area (Å²) < 4.78 is 5.44. The first-order valence-corrected chi connectivity index (χ1v) is 7.46. The standard InChI is InChI=1S/C15H28O/c1-13-7-9-14(10-8-13)5-3-2-4-6-15-11-12-16-15/h13-15H,2-12H2,1H3. The van der Waals surface area contributed by atoms with E-state index in [2.05, 4.69) is 6.92 Å². The summed E-state index contributed by atoms with van der Waals surface area (Å²) in [6.45, 7) is 3.43. The van der Waals surface area contributed by atoms with Gasteiger partial charge in [0.05, 0.1) is 6.10 Å². The fourth-order valence-electron chi connectivity index (χ4n) is 3.11. The molecule has 1 heterocycles. The summed E-state index contributed by atoms with van der Waals surface area (Å²) in [7, 11) is 0. The number of unbranched alkanes of at least 4 members (excludes halogenated alkanes) is 2. The molecule has 1 aliphatic heterocycles. The summed E-state index contributed by atoms with van der Waals surface area (Å²) in [5, 5.41) is 0. The molecule has 0 radical (unpaired) electrons. The molecule has 0 aromatic heterocycles. The molecule has 0 aromatic carbocycles. The summed E-state index contributed by atoms with van der Waals surface area (Å²) >= 11 is 0. The molecule has 94 valence electrons. The van der Waals surface area contributed by atoms with Crippen LogP contribution in [0.2, 0.25) is 0 Å². The summed E-state index contributed by atoms with van der Waals surface area (Å²) in [5.41, 5.74) is 0. The van der Waals surface area contributed by atoms with Crippen LogP contribution >= 0.6 is 0 Å². The highest BCUT2D eigenvalue weighted by molar-refractivity contribution is 4.70. The van der Waals surface area contributed by atoms with Crippen LogP contribution in [0.15, 0.2) is 0 Å². The molecule has 16 heavy (non-hydrogen) atoms. The van der Waals surface area contributed by atoms with Gasteiger partial charge in [-0.05, 0) is 24.7 Å². The molecule has 1 atom stereocenters. The van der Waals surface area contributed by atoms with Crippen LogP contribution in [0.5, 0.6) is 0 Å². The molecule has 1 saturated heterocycles. The zero-order valence-corrected chi connectivity index (χ0v) is 10.9. The van der Waals surface area contributed by atoms with Gasteiger partial charge in [0.25, 0.3) is 0 Å². The van der Waals surface area contributed by atoms with Gasteiger partial charge in [0.1, 0.15) is 0 Å². The van der Waals surface area contributed by atoms with E-state index in [9.17, 15) is 0 Å². The molecule has 1 nitrogen and oxygen atoms in total. The van der Waals surface area contributed by atoms with Crippen LogP contribution < -0.4 is 0 Å². The quantitative estimate of drug-likeness (QED) is 0.601. The van der Waals surface area contributed by atoms with Crippen molar-refractivity contribution in [1.29, 1.82) is 0 Å². The van der Waals surface area contributed by atoms with Crippen LogP contribution in [0.25, 0.3) is 0 Å². The van der Waals surface area contributed by atoms with E-state index in [1.54, 1.807) is 0 Å². The van der Waals surface area contributed by atoms with Gasteiger partial charge >= 0.3 is 0 Å². The second kappa shape index (κ2) is 6.64. The molecule has 2 fully saturated rings. The molecular weight excluding hydrogens is 196 g/mol. The highest BCUT2D eigenvalue weighted by Crippen LogP contribution is 2.31. The third kappa shape index (κ3) is 4.08. The molecule has 1 heteroatoms. The number of rotatable bonds is 6. The minimum Gasteiger partial charge on any atom is -0.378 e. The van der Waals surface area contributed by atoms with E-state index in [1.165, 1.54) is 64.2 Å². The molecule has 1 unspecified atom stereocenters. The molecule has 0 amide bonds. The molecular formula is C15H28O. The Kier molecular flexibility index (Phi) is 5.15. The highest BCUT2D eigenvalue weighted by Gasteiger charge is 2.18. The third-order valence-corrected chi connectivity index (χ3v) is 4.57. The predicted molar refractivity (Wildman–Crippen MR) is 68.6 cm³/mol. The van der Waals surface area contributed by atoms with Crippen molar-refractivity contribution < 1.29 is 4.74 Å². The van der Waals surface area contributed by atoms with Gasteiger partial charge < -0.3 is 4.74 Å². The van der Waals surface area contributed by atoms with Gasteiger partial charge in [0.2, 0.25) is 0 Å². The van der Waals surface area contributed by atoms with E-state index in [1.807, 2.05) is 0 Å². The first-order chi connectivity index (χ1) is 7.84. The summed E-state index contributed by atoms with van der Waals surface area (Å²) in [6.07, 6.45) is 15.1. The second-order valence-electron chi connectivity index (χ2n) is 6.05. The van der Waals surface area contributed by atoms with E-state index in [0.717, 1.165) is 18.4 Å². The van der Waals surface area contributed by atoms with Crippen molar-refractivity contribution in [1.82, 2.24) is 0 Å². The van der Waals surface area contributed by atoms with Gasteiger partial charge in [-0.1, -0.05) is 58.3 Å². The summed E-state index contributed by atoms with van der Waals surface area (Å²) in [5.74, 6) is 2.07. The predicted octanol–water partition coefficient (Wildman–Crippen LogP) is 4.55. The maximum atomic E-state index is 5.44. The average Bonchev–Trinajstić information content (AvgIpc) is 2.23. The van der Waals surface area contributed by atoms with E-state index in [4.69, 9.17) is 4.74 Å². The van der Waals surface area contributed by atoms with Crippen LogP contribution in [-0.4, -0.2) is 12.7 Å². The van der Waals surface area contributed by atoms with Crippen molar-refractivity contribution in [3.05, 3.63) is 0 Å². The molecule has 0 bridgehead atoms. The molecule has 2 rings (SSSR count). The molecule has 2 aliphatic rings. The first-order valence-electron chi connectivity index (χ1n) is 7.46. The van der Waals surface area contributed by atoms with Gasteiger partial charge in [-0.25, -0.2) is 0 Å². The lowest BCUT2D eigenvalue weighted by atomic mass is 9.80. The summed E-state index contributed by atoms with van der Waals surface area (Å²) in [6, 6.07) is 0. The molecule has 0 aromatic rings. The van der Waals surface area contributed by atoms with E-state index in [-0.39, 0.29) is 0 Å². The van der Waals surface area contributed by atoms with Gasteiger partial charge in [-0.2, -0.15) is 0 Å². The van der Waals surface area contributed by atoms with Crippen LogP contribution in [0.1, 0.15) is 71.1 Å². The van der Waals surface area contributed by atoms with Gasteiger partial charge in [-0.3, -0.25) is 0 Å². The Morgan fingerprint density at radius 1 is 0.875 bits per heavy atom. The number of hydrogen-bond donors (Lipinski definition) is 0. The van der Waals surface area contributed by atoms with E-state index < -0.39 is 0 Å². The van der Waals surface area contributed by atoms with E-state index >= 15 is 0 Å². The van der Waals surface area contributed by atoms with Gasteiger partial charge in [0.15, 0.2) is 0 Å². The Hall–Kier alpha value is -0.0400. The van der Waals surface area contributed by atoms with Crippen molar-refractivity contribution in [3.8, 4) is 0 Å². The van der Waals surface area contributed by atoms with Crippen molar-refractivity contribution in [2.75, 3.05) is 6.61 Å². The van der Waals surface area contributed by atoms with Gasteiger partial charge in [0, 0.05) is 6.61 Å². The molecule has 0 N–H and O–H groups in total. The average molecular weight is 224 g/mol. The van der Waals surface area contributed by atoms with Crippen molar-refractivity contribution >= 4 is 0 Å². The minimum atomic E-state index is 0.635. The normalized spacial score (nSPS) is 34.7. The largest absolute Gasteiger partial charge is 0.378 e. The van der Waals surface area contributed by atoms with Crippen LogP contribution in [0.3, 0.4) is 0 Å². The zero-order chi connectivity index (χ0) is 11.2. The maximum absolute atomic E-state index is 5.44. The monoisotopic (exact) mass is 224 g/mol. The fraction of sp³-hybridized carbons (Fsp3) is 1.00. The lowest BCUT2D eigenvalue weighted by Gasteiger charge is -2.27. The molecule has 1 aliphatic carbocycles. The van der Waals surface area contributed by atoms with Crippen molar-refractivity contribution in [3.63, 3.8) is 0 Å². The van der Waals surface area contributed by atoms with E-state index in [0.29, 0.717) is 6.10 Å². The zero-order valence-electron chi connectivity index (χ0n) is 10.9. The molecule has 1 saturated carbocycles. The SMILES string of the molecule is CC1CCC(CCCCCC2CCO2)CC1. The lowest BCUT2D eigenvalue weighted by Crippen LogP contribution is -2.26. The fourth-order valence-corrected chi connectivity index (χ4v) is 3.11. The topological polar surface area (TPSA) is 9.23 Å². The smallest absolute Gasteiger partial charge is 0.0597 e. The highest BCUT2D eigenvalue weighted by atomic mass is 16.5. The lowest BCUT2D eigenvalue weighted by molar-refractivity contribution is -0.0556.